The monoisotopic (exact) mass is 255 g/mol. The lowest BCUT2D eigenvalue weighted by atomic mass is 9.92. The molecule has 0 aliphatic heterocycles. The van der Waals surface area contributed by atoms with Crippen LogP contribution in [0.5, 0.6) is 0 Å². The molecule has 1 heterocycles. The highest BCUT2D eigenvalue weighted by Crippen LogP contribution is 2.27. The van der Waals surface area contributed by atoms with Gasteiger partial charge in [0.2, 0.25) is 0 Å². The lowest BCUT2D eigenvalue weighted by Crippen LogP contribution is -2.25. The summed E-state index contributed by atoms with van der Waals surface area (Å²) < 4.78 is 0. The van der Waals surface area contributed by atoms with Gasteiger partial charge in [-0.1, -0.05) is 25.1 Å². The predicted molar refractivity (Wildman–Crippen MR) is 78.1 cm³/mol. The molecule has 2 aromatic rings. The molecule has 0 saturated heterocycles. The molecule has 0 bridgehead atoms. The molecule has 1 aromatic heterocycles. The first-order valence-electron chi connectivity index (χ1n) is 6.78. The molecule has 0 aliphatic carbocycles. The number of nitrogens with zero attached hydrogens (tertiary/aromatic N) is 2. The zero-order valence-corrected chi connectivity index (χ0v) is 11.9. The predicted octanol–water partition coefficient (Wildman–Crippen LogP) is 3.18. The Balaban J connectivity index is 2.43. The lowest BCUT2D eigenvalue weighted by molar-refractivity contribution is 0.590. The van der Waals surface area contributed by atoms with Gasteiger partial charge in [0.15, 0.2) is 0 Å². The number of hydrogen-bond acceptors (Lipinski definition) is 3. The normalized spacial score (nSPS) is 12.4. The molecular formula is C16H21N3. The van der Waals surface area contributed by atoms with Gasteiger partial charge in [0.1, 0.15) is 6.33 Å². The van der Waals surface area contributed by atoms with Gasteiger partial charge in [0.05, 0.1) is 6.04 Å². The molecule has 19 heavy (non-hydrogen) atoms. The largest absolute Gasteiger partial charge is 0.306 e. The van der Waals surface area contributed by atoms with Crippen LogP contribution in [0.25, 0.3) is 0 Å². The first-order valence-corrected chi connectivity index (χ1v) is 6.78. The Morgan fingerprint density at radius 2 is 1.74 bits per heavy atom. The second kappa shape index (κ2) is 6.43. The van der Waals surface area contributed by atoms with Crippen molar-refractivity contribution in [3.05, 3.63) is 59.2 Å². The second-order valence-electron chi connectivity index (χ2n) is 4.86. The van der Waals surface area contributed by atoms with Gasteiger partial charge in [0, 0.05) is 18.0 Å². The molecule has 0 fully saturated rings. The van der Waals surface area contributed by atoms with Crippen LogP contribution in [0.15, 0.2) is 36.9 Å². The molecule has 1 atom stereocenters. The van der Waals surface area contributed by atoms with Gasteiger partial charge >= 0.3 is 0 Å². The Bertz CT molecular complexity index is 503. The van der Waals surface area contributed by atoms with Crippen molar-refractivity contribution in [1.29, 1.82) is 0 Å². The smallest absolute Gasteiger partial charge is 0.115 e. The van der Waals surface area contributed by atoms with Crippen LogP contribution >= 0.6 is 0 Å². The van der Waals surface area contributed by atoms with Crippen molar-refractivity contribution in [2.75, 3.05) is 6.54 Å². The minimum absolute atomic E-state index is 0.169. The third-order valence-electron chi connectivity index (χ3n) is 3.34. The summed E-state index contributed by atoms with van der Waals surface area (Å²) in [7, 11) is 0. The van der Waals surface area contributed by atoms with E-state index in [1.165, 1.54) is 16.7 Å². The number of aromatic nitrogens is 2. The SMILES string of the molecule is CCCNC(c1cncnc1)c1c(C)cccc1C. The van der Waals surface area contributed by atoms with Gasteiger partial charge in [-0.25, -0.2) is 9.97 Å². The molecule has 3 heteroatoms. The number of hydrogen-bond donors (Lipinski definition) is 1. The Morgan fingerprint density at radius 1 is 1.11 bits per heavy atom. The van der Waals surface area contributed by atoms with E-state index in [4.69, 9.17) is 0 Å². The van der Waals surface area contributed by atoms with Gasteiger partial charge in [-0.2, -0.15) is 0 Å². The van der Waals surface area contributed by atoms with E-state index in [-0.39, 0.29) is 6.04 Å². The summed E-state index contributed by atoms with van der Waals surface area (Å²) in [6.45, 7) is 7.48. The summed E-state index contributed by atoms with van der Waals surface area (Å²) in [6.07, 6.45) is 6.47. The molecule has 0 spiro atoms. The quantitative estimate of drug-likeness (QED) is 0.891. The standard InChI is InChI=1S/C16H21N3/c1-4-8-19-16(14-9-17-11-18-10-14)15-12(2)6-5-7-13(15)3/h5-7,9-11,16,19H,4,8H2,1-3H3. The molecule has 0 saturated carbocycles. The van der Waals surface area contributed by atoms with E-state index in [1.54, 1.807) is 6.33 Å². The van der Waals surface area contributed by atoms with E-state index in [9.17, 15) is 0 Å². The number of aryl methyl sites for hydroxylation is 2. The minimum atomic E-state index is 0.169. The van der Waals surface area contributed by atoms with E-state index in [0.717, 1.165) is 18.5 Å². The Kier molecular flexibility index (Phi) is 4.63. The Morgan fingerprint density at radius 3 is 2.32 bits per heavy atom. The molecule has 1 N–H and O–H groups in total. The van der Waals surface area contributed by atoms with Gasteiger partial charge in [-0.05, 0) is 43.5 Å². The minimum Gasteiger partial charge on any atom is -0.306 e. The molecule has 3 nitrogen and oxygen atoms in total. The number of rotatable bonds is 5. The van der Waals surface area contributed by atoms with Crippen molar-refractivity contribution in [3.8, 4) is 0 Å². The highest BCUT2D eigenvalue weighted by molar-refractivity contribution is 5.40. The zero-order chi connectivity index (χ0) is 13.7. The number of nitrogens with one attached hydrogen (secondary N) is 1. The van der Waals surface area contributed by atoms with Crippen LogP contribution in [0.1, 0.15) is 41.6 Å². The maximum absolute atomic E-state index is 4.15. The molecular weight excluding hydrogens is 234 g/mol. The third-order valence-corrected chi connectivity index (χ3v) is 3.34. The van der Waals surface area contributed by atoms with Crippen LogP contribution in [-0.2, 0) is 0 Å². The number of benzene rings is 1. The molecule has 100 valence electrons. The van der Waals surface area contributed by atoms with Gasteiger partial charge in [0.25, 0.3) is 0 Å². The Labute approximate surface area is 115 Å². The van der Waals surface area contributed by atoms with E-state index < -0.39 is 0 Å². The molecule has 0 radical (unpaired) electrons. The fourth-order valence-electron chi connectivity index (χ4n) is 2.42. The van der Waals surface area contributed by atoms with Crippen LogP contribution in [0.2, 0.25) is 0 Å². The van der Waals surface area contributed by atoms with Crippen molar-refractivity contribution in [1.82, 2.24) is 15.3 Å². The summed E-state index contributed by atoms with van der Waals surface area (Å²) >= 11 is 0. The zero-order valence-electron chi connectivity index (χ0n) is 11.9. The maximum atomic E-state index is 4.15. The van der Waals surface area contributed by atoms with E-state index in [1.807, 2.05) is 12.4 Å². The van der Waals surface area contributed by atoms with Crippen LogP contribution < -0.4 is 5.32 Å². The first kappa shape index (κ1) is 13.7. The average Bonchev–Trinajstić information content (AvgIpc) is 2.43. The van der Waals surface area contributed by atoms with E-state index >= 15 is 0 Å². The van der Waals surface area contributed by atoms with E-state index in [2.05, 4.69) is 54.3 Å². The molecule has 0 amide bonds. The van der Waals surface area contributed by atoms with Crippen molar-refractivity contribution >= 4 is 0 Å². The topological polar surface area (TPSA) is 37.8 Å². The van der Waals surface area contributed by atoms with Crippen molar-refractivity contribution in [3.63, 3.8) is 0 Å². The van der Waals surface area contributed by atoms with Crippen molar-refractivity contribution < 1.29 is 0 Å². The highest BCUT2D eigenvalue weighted by atomic mass is 14.9. The fourth-order valence-corrected chi connectivity index (χ4v) is 2.42. The maximum Gasteiger partial charge on any atom is 0.115 e. The summed E-state index contributed by atoms with van der Waals surface area (Å²) in [5.74, 6) is 0. The molecule has 0 aliphatic rings. The third kappa shape index (κ3) is 3.18. The van der Waals surface area contributed by atoms with E-state index in [0.29, 0.717) is 0 Å². The van der Waals surface area contributed by atoms with Crippen LogP contribution in [0.3, 0.4) is 0 Å². The van der Waals surface area contributed by atoms with Crippen LogP contribution in [0, 0.1) is 13.8 Å². The van der Waals surface area contributed by atoms with Crippen LogP contribution in [0.4, 0.5) is 0 Å². The van der Waals surface area contributed by atoms with Gasteiger partial charge < -0.3 is 5.32 Å². The molecule has 1 aromatic carbocycles. The van der Waals surface area contributed by atoms with Crippen LogP contribution in [-0.4, -0.2) is 16.5 Å². The van der Waals surface area contributed by atoms with Crippen molar-refractivity contribution in [2.24, 2.45) is 0 Å². The summed E-state index contributed by atoms with van der Waals surface area (Å²) in [5.41, 5.74) is 5.06. The highest BCUT2D eigenvalue weighted by Gasteiger charge is 2.17. The average molecular weight is 255 g/mol. The molecule has 2 rings (SSSR count). The second-order valence-corrected chi connectivity index (χ2v) is 4.86. The molecule has 1 unspecified atom stereocenters. The van der Waals surface area contributed by atoms with Gasteiger partial charge in [-0.3, -0.25) is 0 Å². The summed E-state index contributed by atoms with van der Waals surface area (Å²) in [4.78, 5) is 8.29. The summed E-state index contributed by atoms with van der Waals surface area (Å²) in [5, 5.41) is 3.60. The lowest BCUT2D eigenvalue weighted by Gasteiger charge is -2.22. The van der Waals surface area contributed by atoms with Gasteiger partial charge in [-0.15, -0.1) is 0 Å². The Hall–Kier alpha value is -1.74. The fraction of sp³-hybridized carbons (Fsp3) is 0.375. The first-order chi connectivity index (χ1) is 9.24. The summed E-state index contributed by atoms with van der Waals surface area (Å²) in [6, 6.07) is 6.59. The van der Waals surface area contributed by atoms with Crippen molar-refractivity contribution in [2.45, 2.75) is 33.2 Å².